The Morgan fingerprint density at radius 1 is 1.69 bits per heavy atom. The van der Waals surface area contributed by atoms with E-state index in [4.69, 9.17) is 0 Å². The summed E-state index contributed by atoms with van der Waals surface area (Å²) in [6, 6.07) is 2.40. The maximum Gasteiger partial charge on any atom is 0.273 e. The molecule has 0 amide bonds. The van der Waals surface area contributed by atoms with E-state index in [1.54, 1.807) is 0 Å². The average molecular weight is 245 g/mol. The molecule has 0 unspecified atom stereocenters. The van der Waals surface area contributed by atoms with Crippen LogP contribution in [0.5, 0.6) is 0 Å². The minimum absolute atomic E-state index is 0.103. The van der Waals surface area contributed by atoms with Crippen LogP contribution in [-0.4, -0.2) is 21.0 Å². The Morgan fingerprint density at radius 3 is 2.92 bits per heavy atom. The fourth-order valence-corrected chi connectivity index (χ4v) is 1.04. The molecular formula is C7H5BrN2O3. The van der Waals surface area contributed by atoms with Gasteiger partial charge in [0.15, 0.2) is 5.78 Å². The van der Waals surface area contributed by atoms with Crippen molar-refractivity contribution in [3.8, 4) is 0 Å². The molecule has 0 radical (unpaired) electrons. The van der Waals surface area contributed by atoms with Crippen molar-refractivity contribution in [3.05, 3.63) is 34.1 Å². The second-order valence-electron chi connectivity index (χ2n) is 2.21. The number of alkyl halides is 1. The predicted octanol–water partition coefficient (Wildman–Crippen LogP) is 1.57. The van der Waals surface area contributed by atoms with Gasteiger partial charge in [-0.15, -0.1) is 0 Å². The van der Waals surface area contributed by atoms with Gasteiger partial charge in [-0.3, -0.25) is 19.9 Å². The van der Waals surface area contributed by atoms with Gasteiger partial charge in [-0.1, -0.05) is 15.9 Å². The molecule has 0 saturated carbocycles. The van der Waals surface area contributed by atoms with Crippen LogP contribution >= 0.6 is 15.9 Å². The lowest BCUT2D eigenvalue weighted by Crippen LogP contribution is -2.03. The van der Waals surface area contributed by atoms with Gasteiger partial charge in [-0.25, -0.2) is 0 Å². The van der Waals surface area contributed by atoms with E-state index >= 15 is 0 Å². The molecule has 0 saturated heterocycles. The SMILES string of the molecule is O=C(CBr)c1cc([N+](=O)[O-])ccn1. The fraction of sp³-hybridized carbons (Fsp3) is 0.143. The first-order valence-corrected chi connectivity index (χ1v) is 4.47. The van der Waals surface area contributed by atoms with Crippen LogP contribution in [0.2, 0.25) is 0 Å². The minimum atomic E-state index is -0.563. The molecule has 1 rings (SSSR count). The Hall–Kier alpha value is -1.30. The zero-order valence-corrected chi connectivity index (χ0v) is 8.02. The third kappa shape index (κ3) is 2.32. The zero-order valence-electron chi connectivity index (χ0n) is 6.44. The molecule has 6 heteroatoms. The summed E-state index contributed by atoms with van der Waals surface area (Å²) in [5.74, 6) is -0.274. The lowest BCUT2D eigenvalue weighted by molar-refractivity contribution is -0.385. The Balaban J connectivity index is 3.05. The summed E-state index contributed by atoms with van der Waals surface area (Å²) < 4.78 is 0. The molecule has 0 bridgehead atoms. The van der Waals surface area contributed by atoms with Gasteiger partial charge in [0.25, 0.3) is 5.69 Å². The van der Waals surface area contributed by atoms with Gasteiger partial charge in [-0.05, 0) is 0 Å². The molecular weight excluding hydrogens is 240 g/mol. The first kappa shape index (κ1) is 9.79. The van der Waals surface area contributed by atoms with Crippen molar-refractivity contribution in [1.29, 1.82) is 0 Å². The van der Waals surface area contributed by atoms with E-state index in [2.05, 4.69) is 20.9 Å². The highest BCUT2D eigenvalue weighted by Crippen LogP contribution is 2.11. The predicted molar refractivity (Wildman–Crippen MR) is 49.0 cm³/mol. The number of hydrogen-bond donors (Lipinski definition) is 0. The van der Waals surface area contributed by atoms with E-state index in [0.29, 0.717) is 0 Å². The fourth-order valence-electron chi connectivity index (χ4n) is 0.754. The van der Waals surface area contributed by atoms with Crippen molar-refractivity contribution in [2.45, 2.75) is 0 Å². The van der Waals surface area contributed by atoms with Gasteiger partial charge in [0.2, 0.25) is 0 Å². The van der Waals surface area contributed by atoms with Crippen LogP contribution in [0.25, 0.3) is 0 Å². The van der Waals surface area contributed by atoms with Gasteiger partial charge in [0.05, 0.1) is 10.3 Å². The molecule has 0 N–H and O–H groups in total. The summed E-state index contributed by atoms with van der Waals surface area (Å²) in [6.07, 6.45) is 1.24. The number of hydrogen-bond acceptors (Lipinski definition) is 4. The summed E-state index contributed by atoms with van der Waals surface area (Å²) in [4.78, 5) is 24.5. The van der Waals surface area contributed by atoms with E-state index in [9.17, 15) is 14.9 Å². The molecule has 0 aromatic carbocycles. The number of halogens is 1. The standard InChI is InChI=1S/C7H5BrN2O3/c8-4-7(11)6-3-5(10(12)13)1-2-9-6/h1-3H,4H2. The summed E-state index contributed by atoms with van der Waals surface area (Å²) in [6.45, 7) is 0. The molecule has 0 aliphatic heterocycles. The maximum absolute atomic E-state index is 11.1. The molecule has 1 heterocycles. The maximum atomic E-state index is 11.1. The molecule has 13 heavy (non-hydrogen) atoms. The topological polar surface area (TPSA) is 73.1 Å². The van der Waals surface area contributed by atoms with Crippen molar-refractivity contribution in [3.63, 3.8) is 0 Å². The normalized spacial score (nSPS) is 9.62. The van der Waals surface area contributed by atoms with E-state index in [0.717, 1.165) is 6.07 Å². The largest absolute Gasteiger partial charge is 0.291 e. The van der Waals surface area contributed by atoms with Crippen LogP contribution in [0.3, 0.4) is 0 Å². The summed E-state index contributed by atoms with van der Waals surface area (Å²) in [5, 5.41) is 10.4. The summed E-state index contributed by atoms with van der Waals surface area (Å²) >= 11 is 2.95. The van der Waals surface area contributed by atoms with Crippen LogP contribution in [0, 0.1) is 10.1 Å². The number of nitro groups is 1. The highest BCUT2D eigenvalue weighted by atomic mass is 79.9. The molecule has 5 nitrogen and oxygen atoms in total. The molecule has 0 fully saturated rings. The monoisotopic (exact) mass is 244 g/mol. The van der Waals surface area contributed by atoms with Gasteiger partial charge in [0.1, 0.15) is 5.69 Å². The molecule has 1 aromatic heterocycles. The highest BCUT2D eigenvalue weighted by molar-refractivity contribution is 9.09. The van der Waals surface area contributed by atoms with E-state index in [1.165, 1.54) is 12.3 Å². The molecule has 0 atom stereocenters. The second kappa shape index (κ2) is 4.08. The van der Waals surface area contributed by atoms with Gasteiger partial charge < -0.3 is 0 Å². The number of ketones is 1. The number of carbonyl (C=O) groups is 1. The number of nitrogens with zero attached hydrogens (tertiary/aromatic N) is 2. The molecule has 0 spiro atoms. The summed E-state index contributed by atoms with van der Waals surface area (Å²) in [7, 11) is 0. The summed E-state index contributed by atoms with van der Waals surface area (Å²) in [5.41, 5.74) is -0.0228. The quantitative estimate of drug-likeness (QED) is 0.350. The number of Topliss-reactive ketones (excluding diaryl/α,β-unsaturated/α-hetero) is 1. The Labute approximate surface area is 82.1 Å². The molecule has 0 aliphatic carbocycles. The Kier molecular flexibility index (Phi) is 3.07. The Morgan fingerprint density at radius 2 is 2.38 bits per heavy atom. The van der Waals surface area contributed by atoms with Crippen LogP contribution in [0.4, 0.5) is 5.69 Å². The van der Waals surface area contributed by atoms with Crippen LogP contribution in [0.15, 0.2) is 18.3 Å². The third-order valence-electron chi connectivity index (χ3n) is 1.36. The van der Waals surface area contributed by atoms with Gasteiger partial charge in [-0.2, -0.15) is 0 Å². The van der Waals surface area contributed by atoms with Crippen LogP contribution in [-0.2, 0) is 0 Å². The van der Waals surface area contributed by atoms with Crippen LogP contribution < -0.4 is 0 Å². The zero-order chi connectivity index (χ0) is 9.84. The number of rotatable bonds is 3. The van der Waals surface area contributed by atoms with Crippen molar-refractivity contribution >= 4 is 27.4 Å². The molecule has 0 aliphatic rings. The van der Waals surface area contributed by atoms with Crippen molar-refractivity contribution in [2.75, 3.05) is 5.33 Å². The first-order valence-electron chi connectivity index (χ1n) is 3.34. The lowest BCUT2D eigenvalue weighted by Gasteiger charge is -1.94. The Bertz CT molecular complexity index is 353. The van der Waals surface area contributed by atoms with E-state index in [-0.39, 0.29) is 22.5 Å². The second-order valence-corrected chi connectivity index (χ2v) is 2.77. The van der Waals surface area contributed by atoms with Crippen LogP contribution in [0.1, 0.15) is 10.5 Å². The molecule has 68 valence electrons. The lowest BCUT2D eigenvalue weighted by atomic mass is 10.2. The highest BCUT2D eigenvalue weighted by Gasteiger charge is 2.11. The average Bonchev–Trinajstić information content (AvgIpc) is 2.17. The van der Waals surface area contributed by atoms with Crippen molar-refractivity contribution in [1.82, 2.24) is 4.98 Å². The number of pyridine rings is 1. The molecule has 1 aromatic rings. The van der Waals surface area contributed by atoms with E-state index in [1.807, 2.05) is 0 Å². The van der Waals surface area contributed by atoms with E-state index < -0.39 is 4.92 Å². The number of aromatic nitrogens is 1. The first-order chi connectivity index (χ1) is 6.15. The van der Waals surface area contributed by atoms with Gasteiger partial charge in [0, 0.05) is 18.3 Å². The van der Waals surface area contributed by atoms with Crippen molar-refractivity contribution in [2.24, 2.45) is 0 Å². The van der Waals surface area contributed by atoms with Crippen molar-refractivity contribution < 1.29 is 9.72 Å². The number of carbonyl (C=O) groups excluding carboxylic acids is 1. The minimum Gasteiger partial charge on any atom is -0.291 e. The smallest absolute Gasteiger partial charge is 0.273 e. The van der Waals surface area contributed by atoms with Gasteiger partial charge >= 0.3 is 0 Å². The third-order valence-corrected chi connectivity index (χ3v) is 1.87.